The van der Waals surface area contributed by atoms with E-state index in [1.54, 1.807) is 36.4 Å². The minimum Gasteiger partial charge on any atom is -0.457 e. The predicted molar refractivity (Wildman–Crippen MR) is 92.6 cm³/mol. The molecule has 1 amide bonds. The van der Waals surface area contributed by atoms with E-state index in [1.807, 2.05) is 26.0 Å². The first-order chi connectivity index (χ1) is 11.6. The summed E-state index contributed by atoms with van der Waals surface area (Å²) in [6.07, 6.45) is 0.261. The average molecular weight is 350 g/mol. The van der Waals surface area contributed by atoms with E-state index in [0.29, 0.717) is 35.4 Å². The van der Waals surface area contributed by atoms with Crippen LogP contribution >= 0.6 is 11.6 Å². The van der Waals surface area contributed by atoms with Crippen molar-refractivity contribution in [2.24, 2.45) is 0 Å². The molecule has 0 aliphatic rings. The maximum atomic E-state index is 11.8. The Labute approximate surface area is 146 Å². The number of rotatable bonds is 7. The summed E-state index contributed by atoms with van der Waals surface area (Å²) in [5.41, 5.74) is 0. The molecular weight excluding hydrogens is 330 g/mol. The molecule has 0 aliphatic heterocycles. The Balaban J connectivity index is 1.96. The molecule has 0 unspecified atom stereocenters. The number of nitrogens with zero attached hydrogens (tertiary/aromatic N) is 1. The van der Waals surface area contributed by atoms with Gasteiger partial charge in [-0.1, -0.05) is 24.6 Å². The van der Waals surface area contributed by atoms with Crippen molar-refractivity contribution in [1.82, 2.24) is 5.06 Å². The molecular formula is C18H20ClNO4. The normalized spacial score (nSPS) is 10.1. The van der Waals surface area contributed by atoms with Crippen molar-refractivity contribution in [3.8, 4) is 17.2 Å². The average Bonchev–Trinajstić information content (AvgIpc) is 2.59. The minimum atomic E-state index is -0.501. The summed E-state index contributed by atoms with van der Waals surface area (Å²) >= 11 is 5.93. The first-order valence-electron chi connectivity index (χ1n) is 7.78. The predicted octanol–water partition coefficient (Wildman–Crippen LogP) is 5.29. The van der Waals surface area contributed by atoms with Gasteiger partial charge in [0.15, 0.2) is 5.75 Å². The number of carbonyl (C=O) groups excluding carboxylic acids is 1. The van der Waals surface area contributed by atoms with Gasteiger partial charge in [-0.2, -0.15) is 0 Å². The zero-order chi connectivity index (χ0) is 17.4. The second-order valence-electron chi connectivity index (χ2n) is 4.93. The number of ether oxygens (including phenoxy) is 2. The smallest absolute Gasteiger partial charge is 0.443 e. The van der Waals surface area contributed by atoms with E-state index in [1.165, 1.54) is 5.06 Å². The van der Waals surface area contributed by atoms with Gasteiger partial charge in [0.2, 0.25) is 0 Å². The Morgan fingerprint density at radius 1 is 1.04 bits per heavy atom. The Morgan fingerprint density at radius 3 is 2.38 bits per heavy atom. The molecule has 0 aromatic heterocycles. The molecule has 128 valence electrons. The topological polar surface area (TPSA) is 48.0 Å². The van der Waals surface area contributed by atoms with E-state index in [2.05, 4.69) is 0 Å². The van der Waals surface area contributed by atoms with Crippen LogP contribution in [0, 0.1) is 0 Å². The molecule has 0 saturated heterocycles. The summed E-state index contributed by atoms with van der Waals surface area (Å²) in [6.45, 7) is 4.49. The van der Waals surface area contributed by atoms with E-state index in [-0.39, 0.29) is 0 Å². The van der Waals surface area contributed by atoms with Crippen molar-refractivity contribution < 1.29 is 19.1 Å². The third-order valence-corrected chi connectivity index (χ3v) is 3.23. The molecule has 0 fully saturated rings. The van der Waals surface area contributed by atoms with E-state index in [0.717, 1.165) is 6.42 Å². The van der Waals surface area contributed by atoms with Crippen LogP contribution in [0.4, 0.5) is 4.79 Å². The molecule has 0 bridgehead atoms. The van der Waals surface area contributed by atoms with Crippen LogP contribution in [0.2, 0.25) is 5.02 Å². The van der Waals surface area contributed by atoms with Crippen LogP contribution in [0.1, 0.15) is 20.3 Å². The molecule has 2 rings (SSSR count). The maximum absolute atomic E-state index is 11.8. The maximum Gasteiger partial charge on any atom is 0.443 e. The van der Waals surface area contributed by atoms with Crippen LogP contribution < -0.4 is 9.57 Å². The first kappa shape index (κ1) is 17.9. The van der Waals surface area contributed by atoms with Crippen molar-refractivity contribution in [3.05, 3.63) is 53.6 Å². The Morgan fingerprint density at radius 2 is 1.75 bits per heavy atom. The van der Waals surface area contributed by atoms with Crippen molar-refractivity contribution in [2.75, 3.05) is 13.2 Å². The fourth-order valence-electron chi connectivity index (χ4n) is 1.85. The largest absolute Gasteiger partial charge is 0.457 e. The molecule has 5 nitrogen and oxygen atoms in total. The fourth-order valence-corrected chi connectivity index (χ4v) is 2.03. The lowest BCUT2D eigenvalue weighted by Crippen LogP contribution is -2.34. The number of benzene rings is 2. The van der Waals surface area contributed by atoms with Gasteiger partial charge in [-0.25, -0.2) is 4.79 Å². The van der Waals surface area contributed by atoms with E-state index < -0.39 is 6.09 Å². The number of amides is 1. The van der Waals surface area contributed by atoms with Crippen LogP contribution in [0.3, 0.4) is 0 Å². The van der Waals surface area contributed by atoms with Gasteiger partial charge in [0.05, 0.1) is 13.2 Å². The molecule has 0 atom stereocenters. The van der Waals surface area contributed by atoms with E-state index in [9.17, 15) is 4.79 Å². The highest BCUT2D eigenvalue weighted by Gasteiger charge is 2.15. The highest BCUT2D eigenvalue weighted by molar-refractivity contribution is 6.30. The zero-order valence-electron chi connectivity index (χ0n) is 13.7. The van der Waals surface area contributed by atoms with Crippen molar-refractivity contribution in [3.63, 3.8) is 0 Å². The summed E-state index contributed by atoms with van der Waals surface area (Å²) in [5, 5.41) is 1.78. The molecule has 0 N–H and O–H groups in total. The van der Waals surface area contributed by atoms with Gasteiger partial charge >= 0.3 is 6.09 Å². The summed E-state index contributed by atoms with van der Waals surface area (Å²) in [7, 11) is 0. The van der Waals surface area contributed by atoms with Crippen molar-refractivity contribution in [2.45, 2.75) is 20.3 Å². The van der Waals surface area contributed by atoms with Gasteiger partial charge < -0.3 is 14.3 Å². The minimum absolute atomic E-state index is 0.366. The molecule has 0 spiro atoms. The number of halogens is 1. The van der Waals surface area contributed by atoms with E-state index in [4.69, 9.17) is 25.9 Å². The molecule has 6 heteroatoms. The number of carbonyl (C=O) groups is 1. The summed E-state index contributed by atoms with van der Waals surface area (Å²) in [4.78, 5) is 17.3. The second kappa shape index (κ2) is 9.03. The Kier molecular flexibility index (Phi) is 6.75. The standard InChI is InChI=1S/C18H20ClNO4/c1-3-12-22-18(21)20(4-2)24-16-10-8-15(9-11-16)23-17-7-5-6-14(19)13-17/h5-11,13H,3-4,12H2,1-2H3. The highest BCUT2D eigenvalue weighted by atomic mass is 35.5. The summed E-state index contributed by atoms with van der Waals surface area (Å²) in [5.74, 6) is 1.81. The van der Waals surface area contributed by atoms with Gasteiger partial charge in [-0.3, -0.25) is 0 Å². The Hall–Kier alpha value is -2.40. The van der Waals surface area contributed by atoms with Crippen LogP contribution in [0.25, 0.3) is 0 Å². The number of hydroxylamine groups is 2. The lowest BCUT2D eigenvalue weighted by molar-refractivity contribution is -0.0443. The van der Waals surface area contributed by atoms with Crippen LogP contribution in [-0.2, 0) is 4.74 Å². The Bertz CT molecular complexity index is 660. The lowest BCUT2D eigenvalue weighted by Gasteiger charge is -2.20. The summed E-state index contributed by atoms with van der Waals surface area (Å²) < 4.78 is 10.8. The quantitative estimate of drug-likeness (QED) is 0.637. The fraction of sp³-hybridized carbons (Fsp3) is 0.278. The van der Waals surface area contributed by atoms with Gasteiger partial charge in [0.1, 0.15) is 11.5 Å². The second-order valence-corrected chi connectivity index (χ2v) is 5.37. The van der Waals surface area contributed by atoms with Gasteiger partial charge in [-0.15, -0.1) is 5.06 Å². The van der Waals surface area contributed by atoms with Gasteiger partial charge in [-0.05, 0) is 55.8 Å². The first-order valence-corrected chi connectivity index (χ1v) is 8.16. The third-order valence-electron chi connectivity index (χ3n) is 2.99. The molecule has 0 radical (unpaired) electrons. The molecule has 0 heterocycles. The molecule has 0 aliphatic carbocycles. The molecule has 2 aromatic carbocycles. The highest BCUT2D eigenvalue weighted by Crippen LogP contribution is 2.26. The van der Waals surface area contributed by atoms with Crippen molar-refractivity contribution in [1.29, 1.82) is 0 Å². The van der Waals surface area contributed by atoms with Crippen LogP contribution in [0.15, 0.2) is 48.5 Å². The van der Waals surface area contributed by atoms with Gasteiger partial charge in [0.25, 0.3) is 0 Å². The molecule has 2 aromatic rings. The monoisotopic (exact) mass is 349 g/mol. The van der Waals surface area contributed by atoms with Crippen LogP contribution in [0.5, 0.6) is 17.2 Å². The number of hydrogen-bond acceptors (Lipinski definition) is 4. The van der Waals surface area contributed by atoms with Gasteiger partial charge in [0, 0.05) is 5.02 Å². The molecule has 24 heavy (non-hydrogen) atoms. The zero-order valence-corrected chi connectivity index (χ0v) is 14.5. The number of hydrogen-bond donors (Lipinski definition) is 0. The summed E-state index contributed by atoms with van der Waals surface area (Å²) in [6, 6.07) is 14.1. The van der Waals surface area contributed by atoms with Crippen molar-refractivity contribution >= 4 is 17.7 Å². The third kappa shape index (κ3) is 5.35. The lowest BCUT2D eigenvalue weighted by atomic mass is 10.3. The molecule has 0 saturated carbocycles. The van der Waals surface area contributed by atoms with Crippen LogP contribution in [-0.4, -0.2) is 24.3 Å². The van der Waals surface area contributed by atoms with E-state index >= 15 is 0 Å². The SMILES string of the molecule is CCCOC(=O)N(CC)Oc1ccc(Oc2cccc(Cl)c2)cc1.